The SMILES string of the molecule is CC1CCN(c2ccc([C@H](C)O)cc2Cl)C1CO. The number of aliphatic hydroxyl groups excluding tert-OH is 2. The number of benzene rings is 1. The summed E-state index contributed by atoms with van der Waals surface area (Å²) >= 11 is 6.29. The second-order valence-electron chi connectivity index (χ2n) is 5.10. The van der Waals surface area contributed by atoms with Gasteiger partial charge in [0.15, 0.2) is 0 Å². The zero-order chi connectivity index (χ0) is 13.3. The van der Waals surface area contributed by atoms with Crippen LogP contribution in [-0.4, -0.2) is 29.4 Å². The highest BCUT2D eigenvalue weighted by Gasteiger charge is 2.31. The fourth-order valence-electron chi connectivity index (χ4n) is 2.60. The lowest BCUT2D eigenvalue weighted by Crippen LogP contribution is -2.35. The molecule has 0 radical (unpaired) electrons. The van der Waals surface area contributed by atoms with Crippen LogP contribution < -0.4 is 4.90 Å². The Morgan fingerprint density at radius 3 is 2.78 bits per heavy atom. The summed E-state index contributed by atoms with van der Waals surface area (Å²) in [7, 11) is 0. The van der Waals surface area contributed by atoms with Crippen molar-refractivity contribution in [2.45, 2.75) is 32.4 Å². The minimum absolute atomic E-state index is 0.139. The molecule has 3 nitrogen and oxygen atoms in total. The number of anilines is 1. The highest BCUT2D eigenvalue weighted by Crippen LogP contribution is 2.35. The lowest BCUT2D eigenvalue weighted by molar-refractivity contribution is 0.199. The number of hydrogen-bond donors (Lipinski definition) is 2. The van der Waals surface area contributed by atoms with Crippen molar-refractivity contribution in [1.29, 1.82) is 0 Å². The minimum Gasteiger partial charge on any atom is -0.394 e. The van der Waals surface area contributed by atoms with E-state index in [0.29, 0.717) is 10.9 Å². The molecule has 1 aromatic rings. The predicted octanol–water partition coefficient (Wildman–Crippen LogP) is 2.60. The van der Waals surface area contributed by atoms with Crippen molar-refractivity contribution >= 4 is 17.3 Å². The van der Waals surface area contributed by atoms with Crippen LogP contribution in [0.4, 0.5) is 5.69 Å². The van der Waals surface area contributed by atoms with Crippen molar-refractivity contribution in [1.82, 2.24) is 0 Å². The molecule has 0 amide bonds. The maximum absolute atomic E-state index is 9.53. The van der Waals surface area contributed by atoms with E-state index in [1.165, 1.54) is 0 Å². The minimum atomic E-state index is -0.511. The van der Waals surface area contributed by atoms with E-state index < -0.39 is 6.10 Å². The van der Waals surface area contributed by atoms with Gasteiger partial charge >= 0.3 is 0 Å². The second-order valence-corrected chi connectivity index (χ2v) is 5.50. The van der Waals surface area contributed by atoms with E-state index in [4.69, 9.17) is 11.6 Å². The first-order chi connectivity index (χ1) is 8.54. The van der Waals surface area contributed by atoms with Gasteiger partial charge in [-0.05, 0) is 37.0 Å². The van der Waals surface area contributed by atoms with Gasteiger partial charge in [0.05, 0.1) is 29.5 Å². The monoisotopic (exact) mass is 269 g/mol. The Morgan fingerprint density at radius 1 is 1.50 bits per heavy atom. The van der Waals surface area contributed by atoms with Gasteiger partial charge in [-0.3, -0.25) is 0 Å². The van der Waals surface area contributed by atoms with Crippen LogP contribution in [-0.2, 0) is 0 Å². The Bertz CT molecular complexity index is 422. The molecule has 1 aliphatic rings. The van der Waals surface area contributed by atoms with Crippen LogP contribution in [0.2, 0.25) is 5.02 Å². The van der Waals surface area contributed by atoms with Gasteiger partial charge in [0, 0.05) is 6.54 Å². The Hall–Kier alpha value is -0.770. The summed E-state index contributed by atoms with van der Waals surface area (Å²) in [6.45, 7) is 4.94. The number of rotatable bonds is 3. The van der Waals surface area contributed by atoms with Gasteiger partial charge < -0.3 is 15.1 Å². The quantitative estimate of drug-likeness (QED) is 0.887. The summed E-state index contributed by atoms with van der Waals surface area (Å²) in [6.07, 6.45) is 0.558. The molecule has 3 atom stereocenters. The maximum Gasteiger partial charge on any atom is 0.0762 e. The fraction of sp³-hybridized carbons (Fsp3) is 0.571. The predicted molar refractivity (Wildman–Crippen MR) is 74.1 cm³/mol. The molecule has 2 N–H and O–H groups in total. The molecule has 1 aromatic carbocycles. The van der Waals surface area contributed by atoms with E-state index in [-0.39, 0.29) is 12.6 Å². The third-order valence-corrected chi connectivity index (χ3v) is 4.14. The summed E-state index contributed by atoms with van der Waals surface area (Å²) in [5, 5.41) is 19.6. The molecule has 1 fully saturated rings. The first-order valence-electron chi connectivity index (χ1n) is 6.39. The van der Waals surface area contributed by atoms with Crippen molar-refractivity contribution < 1.29 is 10.2 Å². The van der Waals surface area contributed by atoms with Crippen LogP contribution in [0.15, 0.2) is 18.2 Å². The Morgan fingerprint density at radius 2 is 2.22 bits per heavy atom. The van der Waals surface area contributed by atoms with E-state index in [0.717, 1.165) is 24.2 Å². The molecular formula is C14H20ClNO2. The Kier molecular flexibility index (Phi) is 4.15. The number of aliphatic hydroxyl groups is 2. The molecule has 0 aromatic heterocycles. The first kappa shape index (κ1) is 13.7. The first-order valence-corrected chi connectivity index (χ1v) is 6.77. The third-order valence-electron chi connectivity index (χ3n) is 3.83. The molecule has 1 heterocycles. The van der Waals surface area contributed by atoms with Gasteiger partial charge in [-0.15, -0.1) is 0 Å². The zero-order valence-corrected chi connectivity index (χ0v) is 11.6. The van der Waals surface area contributed by atoms with Gasteiger partial charge in [0.2, 0.25) is 0 Å². The number of hydrogen-bond acceptors (Lipinski definition) is 3. The third kappa shape index (κ3) is 2.48. The normalized spacial score (nSPS) is 25.5. The van der Waals surface area contributed by atoms with E-state index in [9.17, 15) is 10.2 Å². The van der Waals surface area contributed by atoms with Gasteiger partial charge in [-0.1, -0.05) is 24.6 Å². The van der Waals surface area contributed by atoms with Gasteiger partial charge in [0.25, 0.3) is 0 Å². The summed E-state index contributed by atoms with van der Waals surface area (Å²) < 4.78 is 0. The van der Waals surface area contributed by atoms with Crippen LogP contribution in [0.3, 0.4) is 0 Å². The molecule has 4 heteroatoms. The molecule has 0 spiro atoms. The standard InChI is InChI=1S/C14H20ClNO2/c1-9-5-6-16(14(9)8-17)13-4-3-11(10(2)18)7-12(13)15/h3-4,7,9-10,14,17-18H,5-6,8H2,1-2H3/t9?,10-,14?/m0/s1. The summed E-state index contributed by atoms with van der Waals surface area (Å²) in [5.74, 6) is 0.475. The second kappa shape index (κ2) is 5.47. The van der Waals surface area contributed by atoms with E-state index in [1.54, 1.807) is 13.0 Å². The average molecular weight is 270 g/mol. The van der Waals surface area contributed by atoms with Crippen LogP contribution in [0.25, 0.3) is 0 Å². The molecule has 2 rings (SSSR count). The maximum atomic E-state index is 9.53. The molecular weight excluding hydrogens is 250 g/mol. The van der Waals surface area contributed by atoms with Crippen molar-refractivity contribution in [2.24, 2.45) is 5.92 Å². The van der Waals surface area contributed by atoms with E-state index >= 15 is 0 Å². The molecule has 0 bridgehead atoms. The van der Waals surface area contributed by atoms with Gasteiger partial charge in [0.1, 0.15) is 0 Å². The van der Waals surface area contributed by atoms with Crippen LogP contribution in [0.1, 0.15) is 31.9 Å². The smallest absolute Gasteiger partial charge is 0.0762 e. The largest absolute Gasteiger partial charge is 0.394 e. The molecule has 1 aliphatic heterocycles. The van der Waals surface area contributed by atoms with Crippen LogP contribution in [0.5, 0.6) is 0 Å². The molecule has 1 saturated heterocycles. The fourth-order valence-corrected chi connectivity index (χ4v) is 2.90. The Balaban J connectivity index is 2.28. The summed E-state index contributed by atoms with van der Waals surface area (Å²) in [4.78, 5) is 2.17. The summed E-state index contributed by atoms with van der Waals surface area (Å²) in [6, 6.07) is 5.77. The lowest BCUT2D eigenvalue weighted by atomic mass is 10.0. The molecule has 18 heavy (non-hydrogen) atoms. The lowest BCUT2D eigenvalue weighted by Gasteiger charge is -2.28. The molecule has 2 unspecified atom stereocenters. The zero-order valence-electron chi connectivity index (χ0n) is 10.8. The van der Waals surface area contributed by atoms with E-state index in [2.05, 4.69) is 11.8 Å². The topological polar surface area (TPSA) is 43.7 Å². The van der Waals surface area contributed by atoms with Gasteiger partial charge in [-0.2, -0.15) is 0 Å². The van der Waals surface area contributed by atoms with Crippen molar-refractivity contribution in [3.63, 3.8) is 0 Å². The van der Waals surface area contributed by atoms with Crippen LogP contribution >= 0.6 is 11.6 Å². The highest BCUT2D eigenvalue weighted by atomic mass is 35.5. The van der Waals surface area contributed by atoms with Crippen molar-refractivity contribution in [3.8, 4) is 0 Å². The van der Waals surface area contributed by atoms with Crippen molar-refractivity contribution in [2.75, 3.05) is 18.1 Å². The van der Waals surface area contributed by atoms with Crippen molar-refractivity contribution in [3.05, 3.63) is 28.8 Å². The molecule has 100 valence electrons. The molecule has 0 aliphatic carbocycles. The number of halogens is 1. The molecule has 0 saturated carbocycles. The van der Waals surface area contributed by atoms with E-state index in [1.807, 2.05) is 12.1 Å². The number of nitrogens with zero attached hydrogens (tertiary/aromatic N) is 1. The highest BCUT2D eigenvalue weighted by molar-refractivity contribution is 6.33. The average Bonchev–Trinajstić information content (AvgIpc) is 2.70. The summed E-state index contributed by atoms with van der Waals surface area (Å²) in [5.41, 5.74) is 1.76. The van der Waals surface area contributed by atoms with Crippen LogP contribution in [0, 0.1) is 5.92 Å². The van der Waals surface area contributed by atoms with Gasteiger partial charge in [-0.25, -0.2) is 0 Å². The Labute approximate surface area is 113 Å².